The number of hydrogen-bond acceptors (Lipinski definition) is 2. The fraction of sp³-hybridized carbons (Fsp3) is 0.833. The first-order chi connectivity index (χ1) is 4.19. The van der Waals surface area contributed by atoms with Gasteiger partial charge in [0.25, 0.3) is 0 Å². The summed E-state index contributed by atoms with van der Waals surface area (Å²) in [6.45, 7) is 2.57. The molecular weight excluding hydrogens is 152 g/mol. The van der Waals surface area contributed by atoms with Crippen LogP contribution in [0.5, 0.6) is 0 Å². The topological polar surface area (TPSA) is 55.1 Å². The van der Waals surface area contributed by atoms with Crippen LogP contribution in [-0.2, 0) is 4.79 Å². The summed E-state index contributed by atoms with van der Waals surface area (Å²) in [7, 11) is 0. The van der Waals surface area contributed by atoms with Crippen LogP contribution in [0.25, 0.3) is 0 Å². The Bertz CT molecular complexity index is 134. The normalized spacial score (nSPS) is 19.0. The van der Waals surface area contributed by atoms with Crippen LogP contribution in [0.2, 0.25) is 0 Å². The maximum atomic E-state index is 10.9. The van der Waals surface area contributed by atoms with Crippen molar-refractivity contribution in [1.29, 1.82) is 0 Å². The second-order valence-corrected chi connectivity index (χ2v) is 2.52. The fourth-order valence-electron chi connectivity index (χ4n) is 0.698. The number of rotatable bonds is 2. The van der Waals surface area contributed by atoms with E-state index in [1.807, 2.05) is 6.92 Å². The van der Waals surface area contributed by atoms with E-state index in [0.29, 0.717) is 6.54 Å². The summed E-state index contributed by atoms with van der Waals surface area (Å²) in [6, 6.07) is 0. The Labute approximate surface area is 66.8 Å². The number of carbonyl (C=O) groups excluding carboxylic acids is 1. The number of carbonyl (C=O) groups is 1. The second-order valence-electron chi connectivity index (χ2n) is 2.52. The average molecular weight is 165 g/mol. The van der Waals surface area contributed by atoms with Crippen molar-refractivity contribution in [3.05, 3.63) is 0 Å². The van der Waals surface area contributed by atoms with Crippen molar-refractivity contribution < 1.29 is 4.79 Å². The highest BCUT2D eigenvalue weighted by molar-refractivity contribution is 5.88. The van der Waals surface area contributed by atoms with E-state index in [9.17, 15) is 4.79 Å². The quantitative estimate of drug-likeness (QED) is 0.606. The molecule has 0 aliphatic heterocycles. The van der Waals surface area contributed by atoms with Crippen molar-refractivity contribution in [3.8, 4) is 0 Å². The molecule has 0 aromatic heterocycles. The van der Waals surface area contributed by atoms with Gasteiger partial charge in [-0.2, -0.15) is 0 Å². The predicted molar refractivity (Wildman–Crippen MR) is 42.1 cm³/mol. The Morgan fingerprint density at radius 1 is 1.70 bits per heavy atom. The minimum absolute atomic E-state index is 0. The molecule has 0 bridgehead atoms. The molecule has 1 fully saturated rings. The van der Waals surface area contributed by atoms with E-state index in [-0.39, 0.29) is 18.3 Å². The molecular formula is C6H13ClN2O. The van der Waals surface area contributed by atoms with E-state index in [0.717, 1.165) is 12.8 Å². The van der Waals surface area contributed by atoms with E-state index in [4.69, 9.17) is 5.73 Å². The summed E-state index contributed by atoms with van der Waals surface area (Å²) in [5.41, 5.74) is 5.07. The first-order valence-corrected chi connectivity index (χ1v) is 3.26. The first kappa shape index (κ1) is 9.72. The number of likely N-dealkylation sites (N-methyl/N-ethyl adjacent to an activating group) is 1. The van der Waals surface area contributed by atoms with Gasteiger partial charge in [0, 0.05) is 6.54 Å². The summed E-state index contributed by atoms with van der Waals surface area (Å²) in [5.74, 6) is 0.00463. The summed E-state index contributed by atoms with van der Waals surface area (Å²) in [5, 5.41) is 2.68. The van der Waals surface area contributed by atoms with Crippen LogP contribution in [0.15, 0.2) is 0 Å². The number of halogens is 1. The Hall–Kier alpha value is -0.280. The summed E-state index contributed by atoms with van der Waals surface area (Å²) < 4.78 is 0. The number of nitrogens with one attached hydrogen (secondary N) is 1. The molecule has 3 nitrogen and oxygen atoms in total. The molecule has 10 heavy (non-hydrogen) atoms. The van der Waals surface area contributed by atoms with Gasteiger partial charge >= 0.3 is 0 Å². The highest BCUT2D eigenvalue weighted by Crippen LogP contribution is 2.31. The lowest BCUT2D eigenvalue weighted by molar-refractivity contribution is -0.123. The first-order valence-electron chi connectivity index (χ1n) is 3.26. The monoisotopic (exact) mass is 164 g/mol. The van der Waals surface area contributed by atoms with Gasteiger partial charge in [-0.15, -0.1) is 12.4 Å². The molecule has 1 rings (SSSR count). The molecule has 0 aromatic rings. The van der Waals surface area contributed by atoms with Gasteiger partial charge in [-0.1, -0.05) is 0 Å². The van der Waals surface area contributed by atoms with Crippen molar-refractivity contribution in [2.24, 2.45) is 5.73 Å². The lowest BCUT2D eigenvalue weighted by Gasteiger charge is -2.06. The number of nitrogens with two attached hydrogens (primary N) is 1. The Morgan fingerprint density at radius 2 is 2.20 bits per heavy atom. The Balaban J connectivity index is 0.000000810. The molecule has 0 spiro atoms. The van der Waals surface area contributed by atoms with E-state index >= 15 is 0 Å². The van der Waals surface area contributed by atoms with E-state index in [1.165, 1.54) is 0 Å². The molecule has 1 amide bonds. The Kier molecular flexibility index (Phi) is 3.12. The Morgan fingerprint density at radius 3 is 2.50 bits per heavy atom. The van der Waals surface area contributed by atoms with Gasteiger partial charge in [-0.05, 0) is 19.8 Å². The van der Waals surface area contributed by atoms with Crippen LogP contribution < -0.4 is 11.1 Å². The third kappa shape index (κ3) is 1.85. The molecule has 0 saturated heterocycles. The zero-order chi connectivity index (χ0) is 6.91. The molecule has 0 heterocycles. The molecule has 60 valence electrons. The van der Waals surface area contributed by atoms with Gasteiger partial charge in [-0.25, -0.2) is 0 Å². The molecule has 0 atom stereocenters. The van der Waals surface area contributed by atoms with Crippen LogP contribution in [0, 0.1) is 0 Å². The molecule has 0 aromatic carbocycles. The lowest BCUT2D eigenvalue weighted by Crippen LogP contribution is -2.42. The molecule has 1 saturated carbocycles. The summed E-state index contributed by atoms with van der Waals surface area (Å²) >= 11 is 0. The van der Waals surface area contributed by atoms with Crippen LogP contribution >= 0.6 is 12.4 Å². The van der Waals surface area contributed by atoms with Crippen molar-refractivity contribution >= 4 is 18.3 Å². The van der Waals surface area contributed by atoms with Gasteiger partial charge in [-0.3, -0.25) is 4.79 Å². The maximum absolute atomic E-state index is 10.9. The molecule has 3 N–H and O–H groups in total. The summed E-state index contributed by atoms with van der Waals surface area (Å²) in [4.78, 5) is 10.9. The highest BCUT2D eigenvalue weighted by atomic mass is 35.5. The van der Waals surface area contributed by atoms with E-state index in [2.05, 4.69) is 5.32 Å². The van der Waals surface area contributed by atoms with Crippen LogP contribution in [0.4, 0.5) is 0 Å². The van der Waals surface area contributed by atoms with Crippen LogP contribution in [-0.4, -0.2) is 18.0 Å². The largest absolute Gasteiger partial charge is 0.355 e. The molecule has 1 aliphatic carbocycles. The summed E-state index contributed by atoms with van der Waals surface area (Å²) in [6.07, 6.45) is 1.69. The zero-order valence-corrected chi connectivity index (χ0v) is 6.83. The third-order valence-electron chi connectivity index (χ3n) is 1.58. The maximum Gasteiger partial charge on any atom is 0.240 e. The minimum Gasteiger partial charge on any atom is -0.355 e. The third-order valence-corrected chi connectivity index (χ3v) is 1.58. The standard InChI is InChI=1S/C6H12N2O.ClH/c1-2-8-5(9)6(7)3-4-6;/h2-4,7H2,1H3,(H,8,9);1H. The SMILES string of the molecule is CCNC(=O)C1(N)CC1.Cl. The lowest BCUT2D eigenvalue weighted by atomic mass is 10.3. The molecule has 0 unspecified atom stereocenters. The second kappa shape index (κ2) is 3.21. The van der Waals surface area contributed by atoms with Gasteiger partial charge in [0.1, 0.15) is 0 Å². The average Bonchev–Trinajstić information content (AvgIpc) is 2.50. The number of hydrogen-bond donors (Lipinski definition) is 2. The fourth-order valence-corrected chi connectivity index (χ4v) is 0.698. The van der Waals surface area contributed by atoms with Crippen molar-refractivity contribution in [3.63, 3.8) is 0 Å². The predicted octanol–water partition coefficient (Wildman–Crippen LogP) is 0.0356. The zero-order valence-electron chi connectivity index (χ0n) is 6.02. The highest BCUT2D eigenvalue weighted by Gasteiger charge is 2.45. The van der Waals surface area contributed by atoms with Crippen molar-refractivity contribution in [2.75, 3.05) is 6.54 Å². The van der Waals surface area contributed by atoms with E-state index in [1.54, 1.807) is 0 Å². The minimum atomic E-state index is -0.490. The molecule has 0 radical (unpaired) electrons. The van der Waals surface area contributed by atoms with Crippen LogP contribution in [0.1, 0.15) is 19.8 Å². The van der Waals surface area contributed by atoms with Crippen molar-refractivity contribution in [1.82, 2.24) is 5.32 Å². The smallest absolute Gasteiger partial charge is 0.240 e. The van der Waals surface area contributed by atoms with Gasteiger partial charge < -0.3 is 11.1 Å². The van der Waals surface area contributed by atoms with Crippen LogP contribution in [0.3, 0.4) is 0 Å². The van der Waals surface area contributed by atoms with E-state index < -0.39 is 5.54 Å². The molecule has 1 aliphatic rings. The van der Waals surface area contributed by atoms with Gasteiger partial charge in [0.15, 0.2) is 0 Å². The number of amides is 1. The van der Waals surface area contributed by atoms with Gasteiger partial charge in [0.2, 0.25) is 5.91 Å². The molecule has 4 heteroatoms. The van der Waals surface area contributed by atoms with Gasteiger partial charge in [0.05, 0.1) is 5.54 Å². The van der Waals surface area contributed by atoms with Crippen molar-refractivity contribution in [2.45, 2.75) is 25.3 Å².